The normalized spacial score (nSPS) is 15.6. The van der Waals surface area contributed by atoms with E-state index in [1.165, 1.54) is 5.56 Å². The molecule has 2 N–H and O–H groups in total. The first-order valence-electron chi connectivity index (χ1n) is 9.15. The maximum absolute atomic E-state index is 13.1. The molecule has 1 aliphatic heterocycles. The van der Waals surface area contributed by atoms with E-state index in [4.69, 9.17) is 0 Å². The second kappa shape index (κ2) is 7.80. The lowest BCUT2D eigenvalue weighted by Gasteiger charge is -2.32. The third-order valence-corrected chi connectivity index (χ3v) is 5.08. The molecule has 0 aliphatic carbocycles. The van der Waals surface area contributed by atoms with Gasteiger partial charge in [0.05, 0.1) is 18.4 Å². The molecule has 1 unspecified atom stereocenters. The van der Waals surface area contributed by atoms with Crippen LogP contribution in [0.4, 0.5) is 17.1 Å². The molecule has 1 aliphatic rings. The summed E-state index contributed by atoms with van der Waals surface area (Å²) in [7, 11) is 6.04. The number of hydrogen-bond acceptors (Lipinski definition) is 3. The predicted molar refractivity (Wildman–Crippen MR) is 108 cm³/mol. The number of likely N-dealkylation sites (N-methyl/N-ethyl adjacent to an activating group) is 1. The van der Waals surface area contributed by atoms with Gasteiger partial charge >= 0.3 is 0 Å². The Morgan fingerprint density at radius 2 is 1.85 bits per heavy atom. The van der Waals surface area contributed by atoms with Crippen molar-refractivity contribution in [2.75, 3.05) is 42.8 Å². The second-order valence-corrected chi connectivity index (χ2v) is 7.30. The van der Waals surface area contributed by atoms with Gasteiger partial charge in [-0.25, -0.2) is 0 Å². The molecule has 2 atom stereocenters. The lowest BCUT2D eigenvalue weighted by atomic mass is 10.1. The molecule has 142 valence electrons. The summed E-state index contributed by atoms with van der Waals surface area (Å²) < 4.78 is 0. The maximum atomic E-state index is 13.1. The molecule has 0 saturated heterocycles. The van der Waals surface area contributed by atoms with Gasteiger partial charge in [0.25, 0.3) is 5.91 Å². The van der Waals surface area contributed by atoms with Gasteiger partial charge < -0.3 is 15.1 Å². The number of benzene rings is 2. The van der Waals surface area contributed by atoms with E-state index in [9.17, 15) is 9.59 Å². The van der Waals surface area contributed by atoms with Gasteiger partial charge in [-0.3, -0.25) is 14.5 Å². The van der Waals surface area contributed by atoms with Crippen molar-refractivity contribution in [3.8, 4) is 0 Å². The Morgan fingerprint density at radius 1 is 1.19 bits per heavy atom. The van der Waals surface area contributed by atoms with Gasteiger partial charge in [-0.05, 0) is 31.2 Å². The van der Waals surface area contributed by atoms with Crippen LogP contribution in [0.15, 0.2) is 48.5 Å². The van der Waals surface area contributed by atoms with E-state index in [2.05, 4.69) is 34.5 Å². The number of carbonyl (C=O) groups is 2. The zero-order chi connectivity index (χ0) is 19.6. The molecule has 0 radical (unpaired) electrons. The third-order valence-electron chi connectivity index (χ3n) is 5.08. The fourth-order valence-corrected chi connectivity index (χ4v) is 3.26. The molecule has 1 heterocycles. The average molecular weight is 367 g/mol. The standard InChI is InChI=1S/C21H26N4O2/c1-15(24(4)13-16-9-11-17(12-10-16)23(2)3)21(27)25-14-20(26)22-18-7-5-6-8-19(18)25/h5-12,15H,13-14H2,1-4H3,(H,22,26)/p+1/t15-/m1/s1. The quantitative estimate of drug-likeness (QED) is 0.833. The van der Waals surface area contributed by atoms with Crippen molar-refractivity contribution in [3.63, 3.8) is 0 Å². The monoisotopic (exact) mass is 367 g/mol. The first kappa shape index (κ1) is 18.9. The van der Waals surface area contributed by atoms with E-state index in [1.807, 2.05) is 52.3 Å². The van der Waals surface area contributed by atoms with E-state index in [1.54, 1.807) is 4.90 Å². The van der Waals surface area contributed by atoms with Crippen molar-refractivity contribution < 1.29 is 14.5 Å². The van der Waals surface area contributed by atoms with Crippen LogP contribution in [0.5, 0.6) is 0 Å². The van der Waals surface area contributed by atoms with Crippen LogP contribution >= 0.6 is 0 Å². The van der Waals surface area contributed by atoms with Crippen molar-refractivity contribution in [2.45, 2.75) is 19.5 Å². The number of para-hydroxylation sites is 2. The molecule has 0 spiro atoms. The molecule has 2 aromatic carbocycles. The summed E-state index contributed by atoms with van der Waals surface area (Å²) in [5, 5.41) is 2.82. The second-order valence-electron chi connectivity index (χ2n) is 7.30. The van der Waals surface area contributed by atoms with Crippen molar-refractivity contribution in [1.82, 2.24) is 0 Å². The van der Waals surface area contributed by atoms with Crippen LogP contribution in [0.1, 0.15) is 12.5 Å². The summed E-state index contributed by atoms with van der Waals surface area (Å²) in [5.74, 6) is -0.203. The molecule has 0 fully saturated rings. The summed E-state index contributed by atoms with van der Waals surface area (Å²) in [4.78, 5) is 29.8. The van der Waals surface area contributed by atoms with Crippen LogP contribution in [0, 0.1) is 0 Å². The highest BCUT2D eigenvalue weighted by molar-refractivity contribution is 6.10. The predicted octanol–water partition coefficient (Wildman–Crippen LogP) is 1.14. The number of fused-ring (bicyclic) bond motifs is 1. The van der Waals surface area contributed by atoms with Gasteiger partial charge in [0, 0.05) is 25.3 Å². The van der Waals surface area contributed by atoms with E-state index in [-0.39, 0.29) is 24.4 Å². The highest BCUT2D eigenvalue weighted by atomic mass is 16.2. The van der Waals surface area contributed by atoms with Crippen molar-refractivity contribution in [1.29, 1.82) is 0 Å². The zero-order valence-corrected chi connectivity index (χ0v) is 16.3. The van der Waals surface area contributed by atoms with Gasteiger partial charge in [0.1, 0.15) is 13.1 Å². The lowest BCUT2D eigenvalue weighted by molar-refractivity contribution is -0.908. The van der Waals surface area contributed by atoms with E-state index >= 15 is 0 Å². The molecule has 27 heavy (non-hydrogen) atoms. The van der Waals surface area contributed by atoms with Gasteiger partial charge in [0.2, 0.25) is 5.91 Å². The molecule has 0 saturated carbocycles. The van der Waals surface area contributed by atoms with Crippen molar-refractivity contribution >= 4 is 28.9 Å². The molecule has 6 nitrogen and oxygen atoms in total. The van der Waals surface area contributed by atoms with Crippen molar-refractivity contribution in [3.05, 3.63) is 54.1 Å². The van der Waals surface area contributed by atoms with Gasteiger partial charge in [-0.2, -0.15) is 0 Å². The Labute approximate surface area is 160 Å². The average Bonchev–Trinajstić information content (AvgIpc) is 2.66. The van der Waals surface area contributed by atoms with Crippen molar-refractivity contribution in [2.24, 2.45) is 0 Å². The van der Waals surface area contributed by atoms with Crippen LogP contribution in [0.2, 0.25) is 0 Å². The highest BCUT2D eigenvalue weighted by Crippen LogP contribution is 2.29. The number of nitrogens with one attached hydrogen (secondary N) is 2. The summed E-state index contributed by atoms with van der Waals surface area (Å²) in [6.07, 6.45) is 0. The smallest absolute Gasteiger partial charge is 0.285 e. The van der Waals surface area contributed by atoms with Crippen LogP contribution in [0.3, 0.4) is 0 Å². The summed E-state index contributed by atoms with van der Waals surface area (Å²) in [6.45, 7) is 2.72. The molecule has 2 amide bonds. The minimum absolute atomic E-state index is 0.0419. The third kappa shape index (κ3) is 4.11. The number of rotatable bonds is 5. The fraction of sp³-hybridized carbons (Fsp3) is 0.333. The Hall–Kier alpha value is -2.86. The molecule has 0 bridgehead atoms. The number of amides is 2. The number of quaternary nitrogens is 1. The number of hydrogen-bond donors (Lipinski definition) is 2. The van der Waals surface area contributed by atoms with E-state index < -0.39 is 0 Å². The first-order valence-corrected chi connectivity index (χ1v) is 9.15. The molecule has 3 rings (SSSR count). The molecule has 2 aromatic rings. The summed E-state index contributed by atoms with van der Waals surface area (Å²) >= 11 is 0. The number of anilines is 3. The zero-order valence-electron chi connectivity index (χ0n) is 16.3. The Balaban J connectivity index is 1.72. The largest absolute Gasteiger partial charge is 0.378 e. The molecular weight excluding hydrogens is 340 g/mol. The summed E-state index contributed by atoms with van der Waals surface area (Å²) in [5.41, 5.74) is 3.77. The van der Waals surface area contributed by atoms with E-state index in [0.717, 1.165) is 22.8 Å². The van der Waals surface area contributed by atoms with Gasteiger partial charge in [-0.1, -0.05) is 24.3 Å². The first-order chi connectivity index (χ1) is 12.9. The van der Waals surface area contributed by atoms with Crippen LogP contribution in [0.25, 0.3) is 0 Å². The van der Waals surface area contributed by atoms with E-state index in [0.29, 0.717) is 5.69 Å². The topological polar surface area (TPSA) is 57.1 Å². The maximum Gasteiger partial charge on any atom is 0.285 e. The summed E-state index contributed by atoms with van der Waals surface area (Å²) in [6, 6.07) is 15.5. The SMILES string of the molecule is C[C@H](C(=O)N1CC(=O)Nc2ccccc21)[NH+](C)Cc1ccc(N(C)C)cc1. The van der Waals surface area contributed by atoms with Crippen LogP contribution in [-0.2, 0) is 16.1 Å². The van der Waals surface area contributed by atoms with Gasteiger partial charge in [-0.15, -0.1) is 0 Å². The highest BCUT2D eigenvalue weighted by Gasteiger charge is 2.33. The van der Waals surface area contributed by atoms with Gasteiger partial charge in [0.15, 0.2) is 6.04 Å². The Morgan fingerprint density at radius 3 is 2.52 bits per heavy atom. The number of nitrogens with zero attached hydrogens (tertiary/aromatic N) is 2. The number of carbonyl (C=O) groups excluding carboxylic acids is 2. The Kier molecular flexibility index (Phi) is 5.46. The fourth-order valence-electron chi connectivity index (χ4n) is 3.26. The van der Waals surface area contributed by atoms with Crippen LogP contribution in [-0.4, -0.2) is 45.5 Å². The molecular formula is C21H27N4O2+. The molecule has 0 aromatic heterocycles. The molecule has 6 heteroatoms. The minimum atomic E-state index is -0.266. The van der Waals surface area contributed by atoms with Crippen LogP contribution < -0.4 is 20.0 Å². The Bertz CT molecular complexity index is 832. The minimum Gasteiger partial charge on any atom is -0.378 e. The lowest BCUT2D eigenvalue weighted by Crippen LogP contribution is -3.12.